The van der Waals surface area contributed by atoms with Gasteiger partial charge in [0.1, 0.15) is 6.07 Å². The number of nitrogens with zero attached hydrogens (tertiary/aromatic N) is 6. The zero-order valence-corrected chi connectivity index (χ0v) is 52.7. The van der Waals surface area contributed by atoms with Gasteiger partial charge in [0.25, 0.3) is 0 Å². The molecule has 10 rings (SSSR count). The summed E-state index contributed by atoms with van der Waals surface area (Å²) in [5.41, 5.74) is 16.4. The quantitative estimate of drug-likeness (QED) is 0.0228. The summed E-state index contributed by atoms with van der Waals surface area (Å²) in [6.45, 7) is 17.5. The third-order valence-corrected chi connectivity index (χ3v) is 20.3. The maximum absolute atomic E-state index is 11.5. The molecule has 0 bridgehead atoms. The zero-order chi connectivity index (χ0) is 58.2. The van der Waals surface area contributed by atoms with Crippen LogP contribution >= 0.6 is 47.1 Å². The smallest absolute Gasteiger partial charge is 0.329 e. The lowest BCUT2D eigenvalue weighted by atomic mass is 9.82. The Morgan fingerprint density at radius 1 is 0.518 bits per heavy atom. The van der Waals surface area contributed by atoms with Crippen LogP contribution in [0.5, 0.6) is 0 Å². The molecule has 5 aromatic carbocycles. The van der Waals surface area contributed by atoms with Crippen LogP contribution < -0.4 is 4.90 Å². The summed E-state index contributed by atoms with van der Waals surface area (Å²) in [6.07, 6.45) is 20.2. The fourth-order valence-electron chi connectivity index (χ4n) is 12.3. The topological polar surface area (TPSA) is 84.0 Å². The Labute approximate surface area is 510 Å². The van der Waals surface area contributed by atoms with Crippen LogP contribution in [0.4, 0.5) is 17.1 Å². The second-order valence-corrected chi connectivity index (χ2v) is 26.0. The molecule has 9 aromatic rings. The predicted octanol–water partition coefficient (Wildman–Crippen LogP) is 21.9. The molecule has 0 aliphatic heterocycles. The van der Waals surface area contributed by atoms with Crippen LogP contribution in [0.3, 0.4) is 0 Å². The molecule has 0 spiro atoms. The van der Waals surface area contributed by atoms with Gasteiger partial charge in [-0.3, -0.25) is 0 Å². The molecule has 83 heavy (non-hydrogen) atoms. The van der Waals surface area contributed by atoms with Gasteiger partial charge < -0.3 is 28.3 Å². The van der Waals surface area contributed by atoms with E-state index < -0.39 is 5.97 Å². The highest BCUT2D eigenvalue weighted by atomic mass is 32.1. The van der Waals surface area contributed by atoms with Crippen molar-refractivity contribution in [3.05, 3.63) is 153 Å². The first-order chi connectivity index (χ1) is 40.4. The predicted molar refractivity (Wildman–Crippen MR) is 357 cm³/mol. The van der Waals surface area contributed by atoms with Crippen molar-refractivity contribution in [1.29, 1.82) is 5.26 Å². The highest BCUT2D eigenvalue weighted by Crippen LogP contribution is 2.56. The number of thiophene rings is 2. The van der Waals surface area contributed by atoms with Crippen LogP contribution in [0, 0.1) is 20.9 Å². The molecule has 0 amide bonds. The van der Waals surface area contributed by atoms with E-state index >= 15 is 0 Å². The lowest BCUT2D eigenvalue weighted by molar-refractivity contribution is -0.131. The van der Waals surface area contributed by atoms with Crippen molar-refractivity contribution < 1.29 is 9.90 Å². The van der Waals surface area contributed by atoms with Gasteiger partial charge >= 0.3 is 5.97 Å². The van der Waals surface area contributed by atoms with Gasteiger partial charge in [-0.2, -0.15) is 5.26 Å². The van der Waals surface area contributed by atoms with Crippen molar-refractivity contribution in [1.82, 2.24) is 18.3 Å². The number of rotatable bonds is 28. The molecule has 12 heteroatoms. The molecule has 1 N–H and O–H groups in total. The van der Waals surface area contributed by atoms with Crippen LogP contribution in [-0.2, 0) is 36.4 Å². The van der Waals surface area contributed by atoms with E-state index in [1.807, 2.05) is 12.1 Å². The van der Waals surface area contributed by atoms with E-state index in [0.717, 1.165) is 105 Å². The molecule has 4 heterocycles. The van der Waals surface area contributed by atoms with E-state index in [4.69, 9.17) is 24.4 Å². The Balaban J connectivity index is 1.02. The van der Waals surface area contributed by atoms with Crippen molar-refractivity contribution in [2.24, 2.45) is 0 Å². The van der Waals surface area contributed by atoms with E-state index in [1.165, 1.54) is 143 Å². The fourth-order valence-corrected chi connectivity index (χ4v) is 15.5. The van der Waals surface area contributed by atoms with Crippen molar-refractivity contribution >= 4 is 97.8 Å². The molecule has 0 fully saturated rings. The fraction of sp³-hybridized carbons (Fsp3) is 0.380. The molecule has 0 atom stereocenters. The average Bonchev–Trinajstić information content (AvgIpc) is 4.42. The standard InChI is InChI=1S/C71H80N6O2S4/c1-7-11-15-19-39-73-60-35-27-51(43-62(60)75(69(73)80)41-21-17-13-9-3)49-23-29-54(30-24-49)77(56-33-34-57-58(46-56)71(5,6)59-47-66(83-68(57)59)65-38-37-64(82-65)53(48-72)45-67(78)79)55-31-25-50(26-32-55)52-28-36-61-63(44-52)76(42-22-18-14-10-4)70(81)74(61)40-20-16-12-8-2/h23-38,43-47H,7-22,39-42H2,1-6H3,(H,78,79)/b53-45-. The molecule has 430 valence electrons. The van der Waals surface area contributed by atoms with Crippen LogP contribution in [0.25, 0.3) is 70.1 Å². The third-order valence-electron chi connectivity index (χ3n) is 17.0. The van der Waals surface area contributed by atoms with Gasteiger partial charge in [0, 0.05) is 74.2 Å². The molecule has 0 radical (unpaired) electrons. The molecule has 1 aliphatic rings. The number of nitriles is 1. The first-order valence-electron chi connectivity index (χ1n) is 30.6. The van der Waals surface area contributed by atoms with E-state index in [9.17, 15) is 15.2 Å². The Kier molecular flexibility index (Phi) is 19.3. The minimum absolute atomic E-state index is 0.158. The van der Waals surface area contributed by atoms with Gasteiger partial charge in [0.05, 0.1) is 27.6 Å². The first kappa shape index (κ1) is 59.5. The van der Waals surface area contributed by atoms with Gasteiger partial charge in [-0.05, 0) is 168 Å². The number of aliphatic carboxylic acids is 1. The Morgan fingerprint density at radius 2 is 0.964 bits per heavy atom. The minimum Gasteiger partial charge on any atom is -0.478 e. The molecular weight excluding hydrogens is 1100 g/mol. The van der Waals surface area contributed by atoms with Crippen LogP contribution in [0.2, 0.25) is 0 Å². The van der Waals surface area contributed by atoms with Crippen molar-refractivity contribution in [3.8, 4) is 48.5 Å². The van der Waals surface area contributed by atoms with Crippen LogP contribution in [0.1, 0.15) is 160 Å². The first-order valence-corrected chi connectivity index (χ1v) is 33.1. The number of hydrogen-bond donors (Lipinski definition) is 1. The lowest BCUT2D eigenvalue weighted by Crippen LogP contribution is -2.16. The summed E-state index contributed by atoms with van der Waals surface area (Å²) in [6, 6.07) is 47.3. The number of anilines is 3. The number of carboxylic acid groups (broad SMARTS) is 1. The van der Waals surface area contributed by atoms with E-state index in [2.05, 4.69) is 180 Å². The van der Waals surface area contributed by atoms with Crippen molar-refractivity contribution in [3.63, 3.8) is 0 Å². The number of fused-ring (bicyclic) bond motifs is 5. The van der Waals surface area contributed by atoms with E-state index in [1.54, 1.807) is 11.3 Å². The van der Waals surface area contributed by atoms with Crippen molar-refractivity contribution in [2.75, 3.05) is 4.90 Å². The number of hydrogen-bond acceptors (Lipinski definition) is 7. The Morgan fingerprint density at radius 3 is 1.41 bits per heavy atom. The molecule has 1 aliphatic carbocycles. The number of allylic oxidation sites excluding steroid dienone is 1. The number of imidazole rings is 2. The maximum Gasteiger partial charge on any atom is 0.329 e. The van der Waals surface area contributed by atoms with Crippen LogP contribution in [0.15, 0.2) is 127 Å². The number of carboxylic acids is 1. The lowest BCUT2D eigenvalue weighted by Gasteiger charge is -2.28. The number of carbonyl (C=O) groups is 1. The van der Waals surface area contributed by atoms with Gasteiger partial charge in [-0.25, -0.2) is 4.79 Å². The van der Waals surface area contributed by atoms with Gasteiger partial charge in [-0.1, -0.05) is 161 Å². The zero-order valence-electron chi connectivity index (χ0n) is 49.4. The number of benzene rings is 5. The summed E-state index contributed by atoms with van der Waals surface area (Å²) in [5, 5.41) is 19.1. The van der Waals surface area contributed by atoms with Crippen LogP contribution in [-0.4, -0.2) is 29.3 Å². The average molecular weight is 1180 g/mol. The maximum atomic E-state index is 11.5. The second kappa shape index (κ2) is 27.0. The van der Waals surface area contributed by atoms with E-state index in [0.29, 0.717) is 4.88 Å². The minimum atomic E-state index is -1.13. The Hall–Kier alpha value is -6.62. The number of aromatic nitrogens is 4. The van der Waals surface area contributed by atoms with Gasteiger partial charge in [0.15, 0.2) is 9.54 Å². The number of unbranched alkanes of at least 4 members (excludes halogenated alkanes) is 12. The number of aryl methyl sites for hydroxylation is 4. The summed E-state index contributed by atoms with van der Waals surface area (Å²) < 4.78 is 11.4. The van der Waals surface area contributed by atoms with Gasteiger partial charge in [-0.15, -0.1) is 22.7 Å². The SMILES string of the molecule is CCCCCCn1c(=S)n(CCCCCC)c2cc(-c3ccc(N(c4ccc(-c5ccc6c(c5)n(CCCCCC)c(=S)n6CCCCCC)cc4)c4ccc5c(c4)C(C)(C)c4cc(-c6ccc(/C(C#N)=C\C(=O)O)s6)sc4-5)cc3)ccc21. The highest BCUT2D eigenvalue weighted by Gasteiger charge is 2.38. The Bertz CT molecular complexity index is 3780. The molecule has 8 nitrogen and oxygen atoms in total. The summed E-state index contributed by atoms with van der Waals surface area (Å²) in [4.78, 5) is 17.9. The molecule has 0 unspecified atom stereocenters. The summed E-state index contributed by atoms with van der Waals surface area (Å²) in [5.74, 6) is -1.13. The van der Waals surface area contributed by atoms with Gasteiger partial charge in [0.2, 0.25) is 0 Å². The highest BCUT2D eigenvalue weighted by molar-refractivity contribution is 7.71. The van der Waals surface area contributed by atoms with E-state index in [-0.39, 0.29) is 11.0 Å². The largest absolute Gasteiger partial charge is 0.478 e. The monoisotopic (exact) mass is 1180 g/mol. The molecule has 4 aromatic heterocycles. The summed E-state index contributed by atoms with van der Waals surface area (Å²) >= 11 is 15.7. The molecular formula is C71H80N6O2S4. The third kappa shape index (κ3) is 12.6. The molecule has 0 saturated heterocycles. The van der Waals surface area contributed by atoms with Crippen molar-refractivity contribution in [2.45, 2.75) is 176 Å². The summed E-state index contributed by atoms with van der Waals surface area (Å²) in [7, 11) is 0. The normalized spacial score (nSPS) is 12.8. The second-order valence-electron chi connectivity index (χ2n) is 23.1. The molecule has 0 saturated carbocycles.